The molecule has 2 aliphatic rings. The molecule has 0 atom stereocenters. The number of halogens is 3. The van der Waals surface area contributed by atoms with Gasteiger partial charge < -0.3 is 15.0 Å². The fourth-order valence-corrected chi connectivity index (χ4v) is 3.92. The van der Waals surface area contributed by atoms with Crippen molar-refractivity contribution in [1.29, 1.82) is 0 Å². The van der Waals surface area contributed by atoms with E-state index < -0.39 is 18.3 Å². The van der Waals surface area contributed by atoms with Crippen LogP contribution >= 0.6 is 0 Å². The van der Waals surface area contributed by atoms with Crippen molar-refractivity contribution in [3.63, 3.8) is 0 Å². The minimum atomic E-state index is -4.23. The van der Waals surface area contributed by atoms with Crippen molar-refractivity contribution in [2.75, 3.05) is 25.0 Å². The van der Waals surface area contributed by atoms with E-state index in [-0.39, 0.29) is 12.6 Å². The number of rotatable bonds is 3. The highest BCUT2D eigenvalue weighted by atomic mass is 19.4. The van der Waals surface area contributed by atoms with Gasteiger partial charge in [0.05, 0.1) is 30.7 Å². The van der Waals surface area contributed by atoms with E-state index in [1.165, 1.54) is 4.90 Å². The lowest BCUT2D eigenvalue weighted by Crippen LogP contribution is -2.40. The van der Waals surface area contributed by atoms with Crippen LogP contribution in [-0.2, 0) is 30.7 Å². The van der Waals surface area contributed by atoms with Crippen LogP contribution in [0.5, 0.6) is 0 Å². The molecule has 0 aliphatic carbocycles. The fourth-order valence-electron chi connectivity index (χ4n) is 3.92. The van der Waals surface area contributed by atoms with E-state index in [2.05, 4.69) is 20.3 Å². The first-order chi connectivity index (χ1) is 15.4. The van der Waals surface area contributed by atoms with E-state index in [9.17, 15) is 18.0 Å². The number of fused-ring (bicyclic) bond motifs is 2. The molecule has 1 N–H and O–H groups in total. The first kappa shape index (κ1) is 23.2. The molecule has 2 aliphatic heterocycles. The van der Waals surface area contributed by atoms with E-state index in [1.54, 1.807) is 23.4 Å². The third-order valence-corrected chi connectivity index (χ3v) is 5.38. The number of amides is 1. The summed E-state index contributed by atoms with van der Waals surface area (Å²) in [6, 6.07) is 1.79. The monoisotopic (exact) mass is 464 g/mol. The van der Waals surface area contributed by atoms with Crippen LogP contribution in [0.15, 0.2) is 18.5 Å². The van der Waals surface area contributed by atoms with E-state index in [0.29, 0.717) is 44.1 Å². The van der Waals surface area contributed by atoms with Gasteiger partial charge in [-0.1, -0.05) is 0 Å². The van der Waals surface area contributed by atoms with Crippen LogP contribution in [0, 0.1) is 0 Å². The van der Waals surface area contributed by atoms with Crippen molar-refractivity contribution in [1.82, 2.24) is 24.8 Å². The first-order valence-electron chi connectivity index (χ1n) is 10.8. The maximum Gasteiger partial charge on any atom is 0.410 e. The summed E-state index contributed by atoms with van der Waals surface area (Å²) < 4.78 is 43.7. The van der Waals surface area contributed by atoms with E-state index in [4.69, 9.17) is 4.74 Å². The van der Waals surface area contributed by atoms with Gasteiger partial charge in [-0.3, -0.25) is 9.88 Å². The maximum absolute atomic E-state index is 12.8. The lowest BCUT2D eigenvalue weighted by Gasteiger charge is -2.30. The molecular weight excluding hydrogens is 437 g/mol. The molecule has 8 nitrogen and oxygen atoms in total. The van der Waals surface area contributed by atoms with E-state index in [1.807, 2.05) is 20.8 Å². The molecule has 4 heterocycles. The predicted octanol–water partition coefficient (Wildman–Crippen LogP) is 3.83. The molecule has 178 valence electrons. The Kier molecular flexibility index (Phi) is 6.17. The Balaban J connectivity index is 1.45. The summed E-state index contributed by atoms with van der Waals surface area (Å²) in [4.78, 5) is 28.7. The molecule has 0 saturated heterocycles. The summed E-state index contributed by atoms with van der Waals surface area (Å²) in [5, 5.41) is 3.09. The molecule has 0 spiro atoms. The largest absolute Gasteiger partial charge is 0.444 e. The Bertz CT molecular complexity index is 1040. The Hall–Kier alpha value is -2.95. The zero-order valence-electron chi connectivity index (χ0n) is 18.9. The summed E-state index contributed by atoms with van der Waals surface area (Å²) in [7, 11) is 0. The highest BCUT2D eigenvalue weighted by Crippen LogP contribution is 2.26. The number of nitrogens with zero attached hydrogens (tertiary/aromatic N) is 5. The van der Waals surface area contributed by atoms with Crippen LogP contribution < -0.4 is 5.32 Å². The summed E-state index contributed by atoms with van der Waals surface area (Å²) in [6.45, 7) is 5.89. The second-order valence-electron chi connectivity index (χ2n) is 9.35. The van der Waals surface area contributed by atoms with Crippen LogP contribution in [0.4, 0.5) is 29.6 Å². The number of hydrogen-bond donors (Lipinski definition) is 1. The summed E-state index contributed by atoms with van der Waals surface area (Å²) in [5.74, 6) is 0.337. The van der Waals surface area contributed by atoms with E-state index in [0.717, 1.165) is 22.5 Å². The molecule has 1 amide bonds. The van der Waals surface area contributed by atoms with Crippen molar-refractivity contribution in [3.8, 4) is 0 Å². The number of hydrogen-bond acceptors (Lipinski definition) is 7. The van der Waals surface area contributed by atoms with Crippen LogP contribution in [-0.4, -0.2) is 62.3 Å². The number of alkyl halides is 3. The topological polar surface area (TPSA) is 83.5 Å². The highest BCUT2D eigenvalue weighted by molar-refractivity contribution is 5.68. The molecule has 4 rings (SSSR count). The van der Waals surface area contributed by atoms with Crippen molar-refractivity contribution < 1.29 is 22.7 Å². The zero-order valence-corrected chi connectivity index (χ0v) is 18.9. The third kappa shape index (κ3) is 6.10. The quantitative estimate of drug-likeness (QED) is 0.739. The minimum absolute atomic E-state index is 0.188. The lowest BCUT2D eigenvalue weighted by molar-refractivity contribution is -0.147. The molecule has 0 bridgehead atoms. The van der Waals surface area contributed by atoms with Gasteiger partial charge in [-0.2, -0.15) is 13.2 Å². The summed E-state index contributed by atoms with van der Waals surface area (Å²) >= 11 is 0. The van der Waals surface area contributed by atoms with Gasteiger partial charge >= 0.3 is 12.3 Å². The van der Waals surface area contributed by atoms with Crippen molar-refractivity contribution in [3.05, 3.63) is 41.0 Å². The molecule has 0 aromatic carbocycles. The number of carbonyl (C=O) groups is 1. The van der Waals surface area contributed by atoms with Gasteiger partial charge in [0.2, 0.25) is 5.95 Å². The number of carbonyl (C=O) groups excluding carboxylic acids is 1. The molecule has 11 heteroatoms. The molecule has 0 fully saturated rings. The molecule has 2 aromatic heterocycles. The average Bonchev–Trinajstić information content (AvgIpc) is 2.70. The number of nitrogens with one attached hydrogen (secondary N) is 1. The van der Waals surface area contributed by atoms with Crippen LogP contribution in [0.2, 0.25) is 0 Å². The minimum Gasteiger partial charge on any atom is -0.444 e. The first-order valence-corrected chi connectivity index (χ1v) is 10.8. The molecule has 2 aromatic rings. The average molecular weight is 464 g/mol. The maximum atomic E-state index is 12.8. The second-order valence-corrected chi connectivity index (χ2v) is 9.35. The van der Waals surface area contributed by atoms with Gasteiger partial charge in [-0.05, 0) is 44.4 Å². The fraction of sp³-hybridized carbons (Fsp3) is 0.545. The third-order valence-electron chi connectivity index (χ3n) is 5.38. The Labute approximate surface area is 190 Å². The smallest absolute Gasteiger partial charge is 0.410 e. The normalized spacial score (nSPS) is 16.7. The number of ether oxygens (including phenoxy) is 1. The predicted molar refractivity (Wildman–Crippen MR) is 115 cm³/mol. The van der Waals surface area contributed by atoms with Gasteiger partial charge in [0.1, 0.15) is 5.60 Å². The van der Waals surface area contributed by atoms with Gasteiger partial charge in [0, 0.05) is 37.9 Å². The SMILES string of the molecule is CC(C)(C)OC(=O)N1CCc2cnc(Nc3cnc4c(c3)CN(CC(F)(F)F)CC4)nc2C1. The number of anilines is 2. The molecule has 0 saturated carbocycles. The Morgan fingerprint density at radius 2 is 1.85 bits per heavy atom. The van der Waals surface area contributed by atoms with Gasteiger partial charge in [-0.15, -0.1) is 0 Å². The van der Waals surface area contributed by atoms with Crippen molar-refractivity contribution >= 4 is 17.7 Å². The molecule has 33 heavy (non-hydrogen) atoms. The van der Waals surface area contributed by atoms with Crippen LogP contribution in [0.25, 0.3) is 0 Å². The highest BCUT2D eigenvalue weighted by Gasteiger charge is 2.32. The molecular formula is C22H27F3N6O2. The zero-order chi connectivity index (χ0) is 23.8. The van der Waals surface area contributed by atoms with Crippen molar-refractivity contribution in [2.45, 2.75) is 58.5 Å². The summed E-state index contributed by atoms with van der Waals surface area (Å²) in [5.41, 5.74) is 3.27. The Morgan fingerprint density at radius 3 is 2.58 bits per heavy atom. The summed E-state index contributed by atoms with van der Waals surface area (Å²) in [6.07, 6.45) is -0.151. The lowest BCUT2D eigenvalue weighted by atomic mass is 10.1. The van der Waals surface area contributed by atoms with Crippen LogP contribution in [0.3, 0.4) is 0 Å². The Morgan fingerprint density at radius 1 is 1.06 bits per heavy atom. The molecule has 0 unspecified atom stereocenters. The number of aromatic nitrogens is 3. The molecule has 0 radical (unpaired) electrons. The van der Waals surface area contributed by atoms with E-state index >= 15 is 0 Å². The number of pyridine rings is 1. The second kappa shape index (κ2) is 8.77. The van der Waals surface area contributed by atoms with Crippen LogP contribution in [0.1, 0.15) is 43.3 Å². The van der Waals surface area contributed by atoms with Gasteiger partial charge in [-0.25, -0.2) is 14.8 Å². The van der Waals surface area contributed by atoms with Gasteiger partial charge in [0.25, 0.3) is 0 Å². The standard InChI is InChI=1S/C22H27F3N6O2/c1-21(2,3)33-20(32)31-7-4-14-9-27-19(29-18(14)12-31)28-16-8-15-11-30(13-22(23,24)25)6-5-17(15)26-10-16/h8-10H,4-7,11-13H2,1-3H3,(H,27,28,29). The van der Waals surface area contributed by atoms with Gasteiger partial charge in [0.15, 0.2) is 0 Å². The van der Waals surface area contributed by atoms with Crippen molar-refractivity contribution in [2.24, 2.45) is 0 Å².